The van der Waals surface area contributed by atoms with Crippen LogP contribution in [0.15, 0.2) is 42.5 Å². The number of nitrogens with one attached hydrogen (secondary N) is 2. The molecular formula is C18H22N2O3. The van der Waals surface area contributed by atoms with Gasteiger partial charge in [0, 0.05) is 5.69 Å². The van der Waals surface area contributed by atoms with Crippen molar-refractivity contribution < 1.29 is 14.3 Å². The molecule has 5 heteroatoms. The molecule has 0 aromatic heterocycles. The quantitative estimate of drug-likeness (QED) is 0.796. The maximum atomic E-state index is 11.8. The van der Waals surface area contributed by atoms with Gasteiger partial charge in [0.2, 0.25) is 0 Å². The van der Waals surface area contributed by atoms with Gasteiger partial charge in [-0.15, -0.1) is 0 Å². The molecule has 0 aliphatic heterocycles. The van der Waals surface area contributed by atoms with E-state index in [1.54, 1.807) is 12.1 Å². The van der Waals surface area contributed by atoms with E-state index in [4.69, 9.17) is 9.47 Å². The lowest BCUT2D eigenvalue weighted by Gasteiger charge is -2.12. The highest BCUT2D eigenvalue weighted by molar-refractivity contribution is 5.89. The normalized spacial score (nSPS) is 10.0. The number of carbonyl (C=O) groups excluding carboxylic acids is 1. The summed E-state index contributed by atoms with van der Waals surface area (Å²) < 4.78 is 10.9. The van der Waals surface area contributed by atoms with Crippen molar-refractivity contribution in [2.75, 3.05) is 18.7 Å². The van der Waals surface area contributed by atoms with Crippen molar-refractivity contribution in [2.24, 2.45) is 0 Å². The zero-order valence-corrected chi connectivity index (χ0v) is 13.7. The van der Waals surface area contributed by atoms with Gasteiger partial charge < -0.3 is 20.1 Å². The molecule has 0 aliphatic rings. The first-order chi connectivity index (χ1) is 11.1. The topological polar surface area (TPSA) is 59.6 Å². The molecule has 0 unspecified atom stereocenters. The van der Waals surface area contributed by atoms with Gasteiger partial charge in [0.1, 0.15) is 11.5 Å². The third-order valence-electron chi connectivity index (χ3n) is 3.21. The van der Waals surface area contributed by atoms with Crippen LogP contribution in [0.4, 0.5) is 10.5 Å². The highest BCUT2D eigenvalue weighted by atomic mass is 16.5. The fourth-order valence-electron chi connectivity index (χ4n) is 2.12. The number of hydrogen-bond donors (Lipinski definition) is 2. The fraction of sp³-hybridized carbons (Fsp3) is 0.278. The first kappa shape index (κ1) is 16.7. The van der Waals surface area contributed by atoms with Gasteiger partial charge in [0.25, 0.3) is 0 Å². The van der Waals surface area contributed by atoms with Crippen molar-refractivity contribution in [3.8, 4) is 11.5 Å². The number of benzene rings is 2. The molecule has 2 amide bonds. The Bertz CT molecular complexity index is 654. The lowest BCUT2D eigenvalue weighted by atomic mass is 10.1. The second kappa shape index (κ2) is 8.08. The molecule has 0 aliphatic carbocycles. The van der Waals surface area contributed by atoms with Gasteiger partial charge in [-0.05, 0) is 56.7 Å². The largest absolute Gasteiger partial charge is 0.494 e. The van der Waals surface area contributed by atoms with Crippen LogP contribution in [0, 0.1) is 13.8 Å². The van der Waals surface area contributed by atoms with Crippen molar-refractivity contribution in [1.82, 2.24) is 5.32 Å². The molecule has 0 saturated heterocycles. The first-order valence-electron chi connectivity index (χ1n) is 7.56. The van der Waals surface area contributed by atoms with Crippen LogP contribution in [-0.4, -0.2) is 19.4 Å². The van der Waals surface area contributed by atoms with Crippen LogP contribution in [0.3, 0.4) is 0 Å². The Hall–Kier alpha value is -2.69. The van der Waals surface area contributed by atoms with Crippen LogP contribution in [0.25, 0.3) is 0 Å². The number of hydrogen-bond acceptors (Lipinski definition) is 3. The third-order valence-corrected chi connectivity index (χ3v) is 3.21. The van der Waals surface area contributed by atoms with E-state index in [0.717, 1.165) is 17.1 Å². The lowest BCUT2D eigenvalue weighted by molar-refractivity contribution is 0.234. The van der Waals surface area contributed by atoms with Gasteiger partial charge in [-0.25, -0.2) is 4.79 Å². The Morgan fingerprint density at radius 3 is 2.43 bits per heavy atom. The molecule has 2 aromatic carbocycles. The highest BCUT2D eigenvalue weighted by Crippen LogP contribution is 2.18. The van der Waals surface area contributed by atoms with Crippen LogP contribution in [0.2, 0.25) is 0 Å². The fourth-order valence-corrected chi connectivity index (χ4v) is 2.12. The Kier molecular flexibility index (Phi) is 5.86. The van der Waals surface area contributed by atoms with Gasteiger partial charge in [0.15, 0.2) is 6.73 Å². The van der Waals surface area contributed by atoms with Crippen molar-refractivity contribution in [2.45, 2.75) is 20.8 Å². The van der Waals surface area contributed by atoms with E-state index in [1.165, 1.54) is 5.56 Å². The number of aryl methyl sites for hydroxylation is 2. The van der Waals surface area contributed by atoms with E-state index in [9.17, 15) is 4.79 Å². The third kappa shape index (κ3) is 5.21. The van der Waals surface area contributed by atoms with Gasteiger partial charge in [0.05, 0.1) is 6.61 Å². The van der Waals surface area contributed by atoms with Gasteiger partial charge in [-0.1, -0.05) is 17.7 Å². The first-order valence-corrected chi connectivity index (χ1v) is 7.56. The number of amides is 2. The van der Waals surface area contributed by atoms with Crippen LogP contribution in [-0.2, 0) is 0 Å². The second-order valence-electron chi connectivity index (χ2n) is 5.15. The Morgan fingerprint density at radius 2 is 1.78 bits per heavy atom. The summed E-state index contributed by atoms with van der Waals surface area (Å²) in [5, 5.41) is 5.39. The summed E-state index contributed by atoms with van der Waals surface area (Å²) >= 11 is 0. The minimum Gasteiger partial charge on any atom is -0.494 e. The Balaban J connectivity index is 1.78. The average Bonchev–Trinajstić information content (AvgIpc) is 2.52. The minimum atomic E-state index is -0.320. The summed E-state index contributed by atoms with van der Waals surface area (Å²) in [4.78, 5) is 11.8. The van der Waals surface area contributed by atoms with Gasteiger partial charge in [-0.3, -0.25) is 0 Å². The maximum absolute atomic E-state index is 11.8. The zero-order valence-electron chi connectivity index (χ0n) is 13.7. The maximum Gasteiger partial charge on any atom is 0.321 e. The summed E-state index contributed by atoms with van der Waals surface area (Å²) in [7, 11) is 0. The van der Waals surface area contributed by atoms with E-state index in [2.05, 4.69) is 10.6 Å². The van der Waals surface area contributed by atoms with E-state index >= 15 is 0 Å². The summed E-state index contributed by atoms with van der Waals surface area (Å²) in [5.41, 5.74) is 2.91. The minimum absolute atomic E-state index is 0.104. The van der Waals surface area contributed by atoms with Crippen molar-refractivity contribution in [3.63, 3.8) is 0 Å². The van der Waals surface area contributed by atoms with Crippen LogP contribution >= 0.6 is 0 Å². The number of carbonyl (C=O) groups is 1. The highest BCUT2D eigenvalue weighted by Gasteiger charge is 2.03. The van der Waals surface area contributed by atoms with Gasteiger partial charge >= 0.3 is 6.03 Å². The molecule has 0 radical (unpaired) electrons. The molecule has 2 N–H and O–H groups in total. The standard InChI is InChI=1S/C18H22N2O3/c1-4-22-16-8-6-15(7-9-16)20-18(21)19-12-23-17-10-5-13(2)11-14(17)3/h5-11H,4,12H2,1-3H3,(H2,19,20,21). The molecule has 2 rings (SSSR count). The van der Waals surface area contributed by atoms with Crippen molar-refractivity contribution in [1.29, 1.82) is 0 Å². The second-order valence-corrected chi connectivity index (χ2v) is 5.15. The summed E-state index contributed by atoms with van der Waals surface area (Å²) in [6, 6.07) is 12.8. The van der Waals surface area contributed by atoms with E-state index < -0.39 is 0 Å². The Labute approximate surface area is 136 Å². The molecule has 0 heterocycles. The van der Waals surface area contributed by atoms with Crippen molar-refractivity contribution >= 4 is 11.7 Å². The predicted octanol–water partition coefficient (Wildman–Crippen LogP) is 3.86. The lowest BCUT2D eigenvalue weighted by Crippen LogP contribution is -2.32. The van der Waals surface area contributed by atoms with Crippen molar-refractivity contribution in [3.05, 3.63) is 53.6 Å². The Morgan fingerprint density at radius 1 is 1.04 bits per heavy atom. The summed E-state index contributed by atoms with van der Waals surface area (Å²) in [5.74, 6) is 1.54. The average molecular weight is 314 g/mol. The molecule has 0 saturated carbocycles. The van der Waals surface area contributed by atoms with Crippen LogP contribution < -0.4 is 20.1 Å². The molecule has 5 nitrogen and oxygen atoms in total. The molecule has 0 fully saturated rings. The number of rotatable bonds is 6. The molecule has 0 bridgehead atoms. The molecule has 0 spiro atoms. The van der Waals surface area contributed by atoms with E-state index in [1.807, 2.05) is 51.1 Å². The smallest absolute Gasteiger partial charge is 0.321 e. The number of urea groups is 1. The molecular weight excluding hydrogens is 292 g/mol. The zero-order chi connectivity index (χ0) is 16.7. The molecule has 122 valence electrons. The number of ether oxygens (including phenoxy) is 2. The predicted molar refractivity (Wildman–Crippen MR) is 91.2 cm³/mol. The van der Waals surface area contributed by atoms with E-state index in [0.29, 0.717) is 12.3 Å². The summed E-state index contributed by atoms with van der Waals surface area (Å²) in [6.07, 6.45) is 0. The molecule has 0 atom stereocenters. The van der Waals surface area contributed by atoms with Crippen LogP contribution in [0.5, 0.6) is 11.5 Å². The summed E-state index contributed by atoms with van der Waals surface area (Å²) in [6.45, 7) is 6.65. The monoisotopic (exact) mass is 314 g/mol. The van der Waals surface area contributed by atoms with Crippen LogP contribution in [0.1, 0.15) is 18.1 Å². The van der Waals surface area contributed by atoms with E-state index in [-0.39, 0.29) is 12.8 Å². The SMILES string of the molecule is CCOc1ccc(NC(=O)NCOc2ccc(C)cc2C)cc1. The van der Waals surface area contributed by atoms with Gasteiger partial charge in [-0.2, -0.15) is 0 Å². The molecule has 2 aromatic rings. The number of anilines is 1. The molecule has 23 heavy (non-hydrogen) atoms.